The SMILES string of the molecule is NN(Cl)S(=O)(=O)c1ccccc1. The number of rotatable bonds is 2. The van der Waals surface area contributed by atoms with Gasteiger partial charge in [0.05, 0.1) is 4.90 Å². The average molecular weight is 207 g/mol. The van der Waals surface area contributed by atoms with Crippen molar-refractivity contribution in [2.24, 2.45) is 5.84 Å². The molecule has 0 atom stereocenters. The van der Waals surface area contributed by atoms with Gasteiger partial charge in [0.1, 0.15) is 0 Å². The van der Waals surface area contributed by atoms with Crippen LogP contribution in [0.3, 0.4) is 0 Å². The molecule has 0 aromatic heterocycles. The maximum absolute atomic E-state index is 11.2. The van der Waals surface area contributed by atoms with Crippen molar-refractivity contribution in [3.8, 4) is 0 Å². The van der Waals surface area contributed by atoms with Gasteiger partial charge >= 0.3 is 0 Å². The van der Waals surface area contributed by atoms with Crippen LogP contribution < -0.4 is 5.84 Å². The number of hydrogen-bond donors (Lipinski definition) is 1. The molecule has 0 aliphatic heterocycles. The van der Waals surface area contributed by atoms with E-state index in [2.05, 4.69) is 0 Å². The van der Waals surface area contributed by atoms with E-state index in [1.165, 1.54) is 12.1 Å². The quantitative estimate of drug-likeness (QED) is 0.440. The molecule has 6 heteroatoms. The predicted molar refractivity (Wildman–Crippen MR) is 45.5 cm³/mol. The van der Waals surface area contributed by atoms with E-state index in [-0.39, 0.29) is 8.83 Å². The lowest BCUT2D eigenvalue weighted by Gasteiger charge is -2.06. The number of benzene rings is 1. The molecule has 2 N–H and O–H groups in total. The summed E-state index contributed by atoms with van der Waals surface area (Å²) >= 11 is 5.13. The van der Waals surface area contributed by atoms with E-state index >= 15 is 0 Å². The minimum Gasteiger partial charge on any atom is -0.240 e. The van der Waals surface area contributed by atoms with Crippen molar-refractivity contribution in [3.63, 3.8) is 0 Å². The van der Waals surface area contributed by atoms with Gasteiger partial charge in [-0.05, 0) is 16.1 Å². The van der Waals surface area contributed by atoms with Gasteiger partial charge < -0.3 is 0 Å². The predicted octanol–water partition coefficient (Wildman–Crippen LogP) is 0.705. The molecule has 1 aromatic carbocycles. The van der Waals surface area contributed by atoms with Crippen molar-refractivity contribution in [2.75, 3.05) is 0 Å². The number of nitrogens with zero attached hydrogens (tertiary/aromatic N) is 1. The number of hydrogen-bond acceptors (Lipinski definition) is 3. The summed E-state index contributed by atoms with van der Waals surface area (Å²) in [5.41, 5.74) is 0. The molecule has 0 aliphatic rings. The van der Waals surface area contributed by atoms with Crippen molar-refractivity contribution in [2.45, 2.75) is 4.90 Å². The Morgan fingerprint density at radius 1 is 1.25 bits per heavy atom. The maximum Gasteiger partial charge on any atom is 0.269 e. The van der Waals surface area contributed by atoms with Gasteiger partial charge in [0.25, 0.3) is 10.0 Å². The molecule has 0 aliphatic carbocycles. The van der Waals surface area contributed by atoms with Crippen LogP contribution in [0.25, 0.3) is 0 Å². The highest BCUT2D eigenvalue weighted by atomic mass is 35.5. The highest BCUT2D eigenvalue weighted by molar-refractivity contribution is 7.90. The van der Waals surface area contributed by atoms with E-state index in [9.17, 15) is 8.42 Å². The van der Waals surface area contributed by atoms with Gasteiger partial charge in [-0.25, -0.2) is 14.3 Å². The first-order valence-electron chi connectivity index (χ1n) is 3.06. The lowest BCUT2D eigenvalue weighted by Crippen LogP contribution is -2.28. The van der Waals surface area contributed by atoms with Crippen LogP contribution in [0.5, 0.6) is 0 Å². The van der Waals surface area contributed by atoms with Crippen LogP contribution in [0, 0.1) is 0 Å². The summed E-state index contributed by atoms with van der Waals surface area (Å²) in [6, 6.07) is 7.71. The largest absolute Gasteiger partial charge is 0.269 e. The fraction of sp³-hybridized carbons (Fsp3) is 0. The Balaban J connectivity index is 3.17. The Morgan fingerprint density at radius 3 is 2.17 bits per heavy atom. The van der Waals surface area contributed by atoms with Crippen molar-refractivity contribution < 1.29 is 8.42 Å². The Morgan fingerprint density at radius 2 is 1.75 bits per heavy atom. The van der Waals surface area contributed by atoms with Gasteiger partial charge in [0, 0.05) is 11.8 Å². The summed E-state index contributed by atoms with van der Waals surface area (Å²) in [5, 5.41) is 0. The van der Waals surface area contributed by atoms with E-state index in [0.717, 1.165) is 0 Å². The van der Waals surface area contributed by atoms with Crippen LogP contribution in [0.2, 0.25) is 0 Å². The first kappa shape index (κ1) is 9.47. The third-order valence-corrected chi connectivity index (χ3v) is 3.14. The lowest BCUT2D eigenvalue weighted by atomic mass is 10.4. The number of sulfonamides is 1. The topological polar surface area (TPSA) is 63.4 Å². The first-order valence-corrected chi connectivity index (χ1v) is 4.84. The fourth-order valence-corrected chi connectivity index (χ4v) is 1.63. The summed E-state index contributed by atoms with van der Waals surface area (Å²) in [4.78, 5) is 0.0718. The minimum absolute atomic E-state index is 0.0718. The van der Waals surface area contributed by atoms with E-state index < -0.39 is 10.0 Å². The van der Waals surface area contributed by atoms with Crippen LogP contribution in [0.4, 0.5) is 0 Å². The van der Waals surface area contributed by atoms with Crippen molar-refractivity contribution in [1.82, 2.24) is 3.93 Å². The van der Waals surface area contributed by atoms with Gasteiger partial charge in [-0.15, -0.1) is 0 Å². The van der Waals surface area contributed by atoms with Crippen LogP contribution in [-0.4, -0.2) is 12.4 Å². The molecular formula is C6H7ClN2O2S. The summed E-state index contributed by atoms with van der Waals surface area (Å²) < 4.78 is 22.6. The lowest BCUT2D eigenvalue weighted by molar-refractivity contribution is 0.546. The average Bonchev–Trinajstić information content (AvgIpc) is 2.06. The van der Waals surface area contributed by atoms with Gasteiger partial charge in [-0.3, -0.25) is 0 Å². The Kier molecular flexibility index (Phi) is 2.69. The summed E-state index contributed by atoms with van der Waals surface area (Å²) in [7, 11) is -3.70. The molecular weight excluding hydrogens is 200 g/mol. The second kappa shape index (κ2) is 3.40. The minimum atomic E-state index is -3.70. The van der Waals surface area contributed by atoms with Gasteiger partial charge in [0.15, 0.2) is 0 Å². The van der Waals surface area contributed by atoms with Crippen LogP contribution >= 0.6 is 11.8 Å². The molecule has 0 saturated carbocycles. The Bertz CT molecular complexity index is 349. The molecule has 12 heavy (non-hydrogen) atoms. The normalized spacial score (nSPS) is 11.9. The molecule has 0 heterocycles. The second-order valence-electron chi connectivity index (χ2n) is 2.06. The second-order valence-corrected chi connectivity index (χ2v) is 4.44. The number of nitrogens with two attached hydrogens (primary N) is 1. The smallest absolute Gasteiger partial charge is 0.240 e. The molecule has 66 valence electrons. The zero-order valence-electron chi connectivity index (χ0n) is 6.01. The Hall–Kier alpha value is -0.620. The third kappa shape index (κ3) is 1.75. The van der Waals surface area contributed by atoms with E-state index in [0.29, 0.717) is 0 Å². The summed E-state index contributed by atoms with van der Waals surface area (Å²) in [6.07, 6.45) is 0. The zero-order chi connectivity index (χ0) is 9.19. The zero-order valence-corrected chi connectivity index (χ0v) is 7.59. The molecule has 0 radical (unpaired) electrons. The summed E-state index contributed by atoms with van der Waals surface area (Å²) in [5.74, 6) is 4.91. The van der Waals surface area contributed by atoms with E-state index in [1.807, 2.05) is 0 Å². The van der Waals surface area contributed by atoms with Crippen molar-refractivity contribution in [3.05, 3.63) is 30.3 Å². The third-order valence-electron chi connectivity index (χ3n) is 1.27. The molecule has 0 amide bonds. The molecule has 1 rings (SSSR count). The highest BCUT2D eigenvalue weighted by Gasteiger charge is 2.18. The molecule has 0 spiro atoms. The number of halogens is 1. The van der Waals surface area contributed by atoms with E-state index in [4.69, 9.17) is 17.6 Å². The molecule has 0 bridgehead atoms. The monoisotopic (exact) mass is 206 g/mol. The van der Waals surface area contributed by atoms with Crippen LogP contribution in [-0.2, 0) is 10.0 Å². The van der Waals surface area contributed by atoms with Gasteiger partial charge in [-0.2, -0.15) is 0 Å². The highest BCUT2D eigenvalue weighted by Crippen LogP contribution is 2.12. The fourth-order valence-electron chi connectivity index (χ4n) is 0.693. The maximum atomic E-state index is 11.2. The first-order chi connectivity index (χ1) is 5.55. The van der Waals surface area contributed by atoms with Crippen LogP contribution in [0.1, 0.15) is 0 Å². The number of hydrazine groups is 1. The van der Waals surface area contributed by atoms with E-state index in [1.54, 1.807) is 18.2 Å². The van der Waals surface area contributed by atoms with Gasteiger partial charge in [-0.1, -0.05) is 18.2 Å². The molecule has 0 saturated heterocycles. The van der Waals surface area contributed by atoms with Crippen LogP contribution in [0.15, 0.2) is 35.2 Å². The van der Waals surface area contributed by atoms with Crippen molar-refractivity contribution in [1.29, 1.82) is 0 Å². The Labute approximate surface area is 75.7 Å². The standard InChI is InChI=1S/C6H7ClN2O2S/c7-9(8)12(10,11)6-4-2-1-3-5-6/h1-5H,8H2. The molecule has 4 nitrogen and oxygen atoms in total. The van der Waals surface area contributed by atoms with Gasteiger partial charge in [0.2, 0.25) is 0 Å². The molecule has 0 fully saturated rings. The summed E-state index contributed by atoms with van der Waals surface area (Å²) in [6.45, 7) is 0. The molecule has 0 unspecified atom stereocenters. The van der Waals surface area contributed by atoms with Crippen molar-refractivity contribution >= 4 is 21.8 Å². The molecule has 1 aromatic rings.